The molecule has 0 bridgehead atoms. The van der Waals surface area contributed by atoms with Gasteiger partial charge in [0.15, 0.2) is 5.11 Å². The first-order chi connectivity index (χ1) is 13.2. The summed E-state index contributed by atoms with van der Waals surface area (Å²) >= 11 is 11.2. The molecular formula is C21H22ClN3O2S. The van der Waals surface area contributed by atoms with E-state index >= 15 is 0 Å². The molecule has 2 aromatic rings. The number of carbonyl (C=O) groups excluding carboxylic acids is 2. The summed E-state index contributed by atoms with van der Waals surface area (Å²) in [5.41, 5.74) is 3.78. The van der Waals surface area contributed by atoms with Crippen molar-refractivity contribution in [2.24, 2.45) is 0 Å². The molecule has 0 radical (unpaired) electrons. The summed E-state index contributed by atoms with van der Waals surface area (Å²) in [6.45, 7) is 7.81. The zero-order valence-electron chi connectivity index (χ0n) is 16.2. The summed E-state index contributed by atoms with van der Waals surface area (Å²) < 4.78 is 2.06. The highest BCUT2D eigenvalue weighted by Crippen LogP contribution is 2.25. The Kier molecular flexibility index (Phi) is 5.72. The van der Waals surface area contributed by atoms with Gasteiger partial charge in [0, 0.05) is 28.1 Å². The zero-order valence-corrected chi connectivity index (χ0v) is 17.8. The van der Waals surface area contributed by atoms with Crippen LogP contribution in [0.15, 0.2) is 35.9 Å². The van der Waals surface area contributed by atoms with Gasteiger partial charge < -0.3 is 4.57 Å². The van der Waals surface area contributed by atoms with E-state index in [-0.39, 0.29) is 22.6 Å². The highest BCUT2D eigenvalue weighted by molar-refractivity contribution is 7.80. The smallest absolute Gasteiger partial charge is 0.265 e. The number of nitrogens with zero attached hydrogens (tertiary/aromatic N) is 2. The van der Waals surface area contributed by atoms with Crippen LogP contribution in [0.3, 0.4) is 0 Å². The lowest BCUT2D eigenvalue weighted by molar-refractivity contribution is -0.130. The van der Waals surface area contributed by atoms with Crippen LogP contribution >= 0.6 is 23.8 Å². The quantitative estimate of drug-likeness (QED) is 0.463. The van der Waals surface area contributed by atoms with Gasteiger partial charge in [-0.05, 0) is 81.4 Å². The summed E-state index contributed by atoms with van der Waals surface area (Å²) in [6, 6.07) is 9.39. The summed E-state index contributed by atoms with van der Waals surface area (Å²) in [5.74, 6) is -0.828. The average molecular weight is 416 g/mol. The molecule has 3 rings (SSSR count). The van der Waals surface area contributed by atoms with Crippen LogP contribution in [0.5, 0.6) is 0 Å². The van der Waals surface area contributed by atoms with Crippen LogP contribution in [-0.4, -0.2) is 32.4 Å². The minimum absolute atomic E-state index is 0.0882. The second kappa shape index (κ2) is 7.89. The van der Waals surface area contributed by atoms with E-state index in [0.717, 1.165) is 29.1 Å². The second-order valence-corrected chi connectivity index (χ2v) is 7.71. The van der Waals surface area contributed by atoms with Crippen molar-refractivity contribution in [3.8, 4) is 5.69 Å². The largest absolute Gasteiger partial charge is 0.318 e. The van der Waals surface area contributed by atoms with Gasteiger partial charge in [0.2, 0.25) is 0 Å². The van der Waals surface area contributed by atoms with Gasteiger partial charge in [0.05, 0.1) is 0 Å². The summed E-state index contributed by atoms with van der Waals surface area (Å²) in [4.78, 5) is 26.9. The number of nitrogens with one attached hydrogen (secondary N) is 1. The first-order valence-electron chi connectivity index (χ1n) is 9.10. The van der Waals surface area contributed by atoms with Gasteiger partial charge in [-0.2, -0.15) is 0 Å². The van der Waals surface area contributed by atoms with Gasteiger partial charge in [0.25, 0.3) is 11.8 Å². The van der Waals surface area contributed by atoms with Crippen LogP contribution in [0.1, 0.15) is 37.2 Å². The fourth-order valence-corrected chi connectivity index (χ4v) is 3.81. The molecule has 0 aliphatic carbocycles. The van der Waals surface area contributed by atoms with Crippen molar-refractivity contribution >= 4 is 46.8 Å². The number of benzene rings is 1. The SMILES string of the molecule is CCC(C)N1C(=O)C(=Cc2cc(C)n(-c3ccc(Cl)cc3)c2C)C(=O)NC1=S. The minimum Gasteiger partial charge on any atom is -0.318 e. The number of aryl methyl sites for hydroxylation is 1. The number of aromatic nitrogens is 1. The first-order valence-corrected chi connectivity index (χ1v) is 9.88. The lowest BCUT2D eigenvalue weighted by Gasteiger charge is -2.33. The molecule has 1 aliphatic heterocycles. The predicted molar refractivity (Wildman–Crippen MR) is 116 cm³/mol. The first kappa shape index (κ1) is 20.3. The molecule has 7 heteroatoms. The molecule has 1 aromatic carbocycles. The maximum absolute atomic E-state index is 12.9. The second-order valence-electron chi connectivity index (χ2n) is 6.89. The van der Waals surface area contributed by atoms with Crippen LogP contribution in [0.2, 0.25) is 5.02 Å². The van der Waals surface area contributed by atoms with E-state index in [1.807, 2.05) is 58.0 Å². The fourth-order valence-electron chi connectivity index (χ4n) is 3.33. The van der Waals surface area contributed by atoms with Crippen molar-refractivity contribution in [3.05, 3.63) is 57.9 Å². The summed E-state index contributed by atoms with van der Waals surface area (Å²) in [7, 11) is 0. The molecule has 1 N–H and O–H groups in total. The number of hydrogen-bond acceptors (Lipinski definition) is 3. The van der Waals surface area contributed by atoms with Gasteiger partial charge >= 0.3 is 0 Å². The van der Waals surface area contributed by atoms with Crippen LogP contribution < -0.4 is 5.32 Å². The maximum atomic E-state index is 12.9. The third kappa shape index (κ3) is 3.62. The summed E-state index contributed by atoms with van der Waals surface area (Å²) in [5, 5.41) is 3.46. The Bertz CT molecular complexity index is 992. The number of carbonyl (C=O) groups is 2. The van der Waals surface area contributed by atoms with Crippen molar-refractivity contribution in [2.45, 2.75) is 40.2 Å². The van der Waals surface area contributed by atoms with Crippen LogP contribution in [0, 0.1) is 13.8 Å². The Morgan fingerprint density at radius 1 is 1.21 bits per heavy atom. The Morgan fingerprint density at radius 3 is 2.46 bits per heavy atom. The predicted octanol–water partition coefficient (Wildman–Crippen LogP) is 4.17. The Morgan fingerprint density at radius 2 is 1.86 bits per heavy atom. The fraction of sp³-hybridized carbons (Fsp3) is 0.286. The molecule has 1 fully saturated rings. The Hall–Kier alpha value is -2.44. The highest BCUT2D eigenvalue weighted by Gasteiger charge is 2.35. The molecule has 0 saturated carbocycles. The van der Waals surface area contributed by atoms with Crippen molar-refractivity contribution in [1.82, 2.24) is 14.8 Å². The van der Waals surface area contributed by atoms with Crippen molar-refractivity contribution in [2.75, 3.05) is 0 Å². The Labute approximate surface area is 175 Å². The van der Waals surface area contributed by atoms with Gasteiger partial charge in [-0.25, -0.2) is 0 Å². The summed E-state index contributed by atoms with van der Waals surface area (Å²) in [6.07, 6.45) is 2.38. The van der Waals surface area contributed by atoms with Crippen molar-refractivity contribution < 1.29 is 9.59 Å². The van der Waals surface area contributed by atoms with Crippen LogP contribution in [0.4, 0.5) is 0 Å². The van der Waals surface area contributed by atoms with E-state index in [1.54, 1.807) is 6.08 Å². The third-order valence-electron chi connectivity index (χ3n) is 5.02. The normalized spacial score (nSPS) is 17.2. The van der Waals surface area contributed by atoms with Crippen LogP contribution in [0.25, 0.3) is 11.8 Å². The topological polar surface area (TPSA) is 54.3 Å². The molecular weight excluding hydrogens is 394 g/mol. The Balaban J connectivity index is 2.04. The van der Waals surface area contributed by atoms with Gasteiger partial charge in [-0.1, -0.05) is 18.5 Å². The average Bonchev–Trinajstić information content (AvgIpc) is 2.92. The monoisotopic (exact) mass is 415 g/mol. The van der Waals surface area contributed by atoms with E-state index in [9.17, 15) is 9.59 Å². The molecule has 1 aromatic heterocycles. The molecule has 5 nitrogen and oxygen atoms in total. The maximum Gasteiger partial charge on any atom is 0.265 e. The standard InChI is InChI=1S/C21H22ClN3O2S/c1-5-12(2)25-20(27)18(19(26)23-21(25)28)11-15-10-13(3)24(14(15)4)17-8-6-16(22)7-9-17/h6-12H,5H2,1-4H3,(H,23,26,28). The van der Waals surface area contributed by atoms with Crippen molar-refractivity contribution in [3.63, 3.8) is 0 Å². The molecule has 2 heterocycles. The van der Waals surface area contributed by atoms with E-state index in [2.05, 4.69) is 9.88 Å². The number of thiocarbonyl (C=S) groups is 1. The lowest BCUT2D eigenvalue weighted by Crippen LogP contribution is -2.56. The molecule has 0 spiro atoms. The van der Waals surface area contributed by atoms with Gasteiger partial charge in [-0.3, -0.25) is 19.8 Å². The molecule has 146 valence electrons. The third-order valence-corrected chi connectivity index (χ3v) is 5.57. The van der Waals surface area contributed by atoms with Crippen molar-refractivity contribution in [1.29, 1.82) is 0 Å². The molecule has 1 unspecified atom stereocenters. The number of hydrogen-bond donors (Lipinski definition) is 1. The zero-order chi connectivity index (χ0) is 20.6. The van der Waals surface area contributed by atoms with E-state index < -0.39 is 5.91 Å². The number of halogens is 1. The molecule has 2 amide bonds. The number of rotatable bonds is 4. The molecule has 1 saturated heterocycles. The van der Waals surface area contributed by atoms with Gasteiger partial charge in [0.1, 0.15) is 5.57 Å². The highest BCUT2D eigenvalue weighted by atomic mass is 35.5. The molecule has 1 aliphatic rings. The lowest BCUT2D eigenvalue weighted by atomic mass is 10.1. The van der Waals surface area contributed by atoms with Gasteiger partial charge in [-0.15, -0.1) is 0 Å². The molecule has 28 heavy (non-hydrogen) atoms. The van der Waals surface area contributed by atoms with E-state index in [0.29, 0.717) is 5.02 Å². The van der Waals surface area contributed by atoms with E-state index in [4.69, 9.17) is 23.8 Å². The van der Waals surface area contributed by atoms with Crippen LogP contribution in [-0.2, 0) is 9.59 Å². The minimum atomic E-state index is -0.467. The molecule has 1 atom stereocenters. The van der Waals surface area contributed by atoms with E-state index in [1.165, 1.54) is 4.90 Å². The number of amides is 2.